The second-order valence-corrected chi connectivity index (χ2v) is 5.66. The van der Waals surface area contributed by atoms with Crippen molar-refractivity contribution in [2.45, 2.75) is 51.5 Å². The zero-order valence-electron chi connectivity index (χ0n) is 12.7. The van der Waals surface area contributed by atoms with Crippen LogP contribution in [-0.4, -0.2) is 12.6 Å². The second kappa shape index (κ2) is 7.94. The predicted molar refractivity (Wildman–Crippen MR) is 89.4 cm³/mol. The van der Waals surface area contributed by atoms with Crippen LogP contribution >= 0.6 is 0 Å². The van der Waals surface area contributed by atoms with Gasteiger partial charge in [-0.3, -0.25) is 0 Å². The molecule has 2 rings (SSSR count). The summed E-state index contributed by atoms with van der Waals surface area (Å²) in [7, 11) is 0. The third kappa shape index (κ3) is 4.00. The predicted octanol–water partition coefficient (Wildman–Crippen LogP) is 5.13. The van der Waals surface area contributed by atoms with Crippen LogP contribution in [0.2, 0.25) is 0 Å². The SMILES string of the molecule is C=CCC1CC=CCN1c1ccc(CCCCC)cc1. The fourth-order valence-corrected chi connectivity index (χ4v) is 2.88. The average molecular weight is 269 g/mol. The number of hydrogen-bond donors (Lipinski definition) is 0. The molecular formula is C19H27N. The first kappa shape index (κ1) is 14.9. The molecule has 0 spiro atoms. The van der Waals surface area contributed by atoms with Gasteiger partial charge in [-0.05, 0) is 43.4 Å². The summed E-state index contributed by atoms with van der Waals surface area (Å²) in [5.41, 5.74) is 2.82. The summed E-state index contributed by atoms with van der Waals surface area (Å²) in [6.07, 6.45) is 13.9. The lowest BCUT2D eigenvalue weighted by Crippen LogP contribution is -2.37. The Balaban J connectivity index is 2.00. The number of aryl methyl sites for hydroxylation is 1. The molecule has 20 heavy (non-hydrogen) atoms. The molecule has 0 aromatic heterocycles. The highest BCUT2D eigenvalue weighted by Gasteiger charge is 2.18. The van der Waals surface area contributed by atoms with Crippen molar-refractivity contribution in [2.24, 2.45) is 0 Å². The summed E-state index contributed by atoms with van der Waals surface area (Å²) in [6.45, 7) is 7.17. The minimum Gasteiger partial charge on any atom is -0.364 e. The van der Waals surface area contributed by atoms with Crippen LogP contribution in [-0.2, 0) is 6.42 Å². The van der Waals surface area contributed by atoms with E-state index in [1.807, 2.05) is 6.08 Å². The lowest BCUT2D eigenvalue weighted by atomic mass is 10.0. The fraction of sp³-hybridized carbons (Fsp3) is 0.474. The molecule has 1 unspecified atom stereocenters. The molecular weight excluding hydrogens is 242 g/mol. The summed E-state index contributed by atoms with van der Waals surface area (Å²) in [5, 5.41) is 0. The lowest BCUT2D eigenvalue weighted by Gasteiger charge is -2.34. The van der Waals surface area contributed by atoms with E-state index in [-0.39, 0.29) is 0 Å². The molecule has 1 aromatic rings. The van der Waals surface area contributed by atoms with Gasteiger partial charge in [0.05, 0.1) is 0 Å². The van der Waals surface area contributed by atoms with Gasteiger partial charge in [-0.15, -0.1) is 6.58 Å². The topological polar surface area (TPSA) is 3.24 Å². The highest BCUT2D eigenvalue weighted by molar-refractivity contribution is 5.50. The Hall–Kier alpha value is -1.50. The van der Waals surface area contributed by atoms with Crippen LogP contribution in [0.1, 0.15) is 44.6 Å². The van der Waals surface area contributed by atoms with Gasteiger partial charge in [-0.1, -0.05) is 50.1 Å². The molecule has 0 bridgehead atoms. The molecule has 1 heterocycles. The smallest absolute Gasteiger partial charge is 0.0371 e. The minimum absolute atomic E-state index is 0.573. The second-order valence-electron chi connectivity index (χ2n) is 5.66. The molecule has 0 fully saturated rings. The average Bonchev–Trinajstić information content (AvgIpc) is 2.49. The Bertz CT molecular complexity index is 430. The molecule has 0 aliphatic carbocycles. The van der Waals surface area contributed by atoms with E-state index in [2.05, 4.69) is 54.8 Å². The number of unbranched alkanes of at least 4 members (excludes halogenated alkanes) is 2. The van der Waals surface area contributed by atoms with Gasteiger partial charge in [-0.25, -0.2) is 0 Å². The summed E-state index contributed by atoms with van der Waals surface area (Å²) in [4.78, 5) is 2.50. The van der Waals surface area contributed by atoms with Gasteiger partial charge in [0.15, 0.2) is 0 Å². The summed E-state index contributed by atoms with van der Waals surface area (Å²) >= 11 is 0. The van der Waals surface area contributed by atoms with Crippen LogP contribution in [0, 0.1) is 0 Å². The molecule has 0 N–H and O–H groups in total. The molecule has 1 atom stereocenters. The third-order valence-corrected chi connectivity index (χ3v) is 4.09. The Morgan fingerprint density at radius 1 is 1.20 bits per heavy atom. The van der Waals surface area contributed by atoms with E-state index in [9.17, 15) is 0 Å². The maximum atomic E-state index is 3.89. The summed E-state index contributed by atoms with van der Waals surface area (Å²) in [6, 6.07) is 9.75. The molecule has 108 valence electrons. The van der Waals surface area contributed by atoms with Crippen LogP contribution in [0.5, 0.6) is 0 Å². The van der Waals surface area contributed by atoms with Crippen LogP contribution in [0.4, 0.5) is 5.69 Å². The van der Waals surface area contributed by atoms with Crippen molar-refractivity contribution in [1.82, 2.24) is 0 Å². The Morgan fingerprint density at radius 2 is 2.00 bits per heavy atom. The zero-order chi connectivity index (χ0) is 14.2. The van der Waals surface area contributed by atoms with Crippen molar-refractivity contribution in [1.29, 1.82) is 0 Å². The van der Waals surface area contributed by atoms with Gasteiger partial charge >= 0.3 is 0 Å². The zero-order valence-corrected chi connectivity index (χ0v) is 12.7. The number of anilines is 1. The van der Waals surface area contributed by atoms with Crippen molar-refractivity contribution in [3.05, 3.63) is 54.6 Å². The quantitative estimate of drug-likeness (QED) is 0.490. The molecule has 1 heteroatoms. The van der Waals surface area contributed by atoms with E-state index in [1.54, 1.807) is 0 Å². The molecule has 0 saturated heterocycles. The molecule has 1 aliphatic heterocycles. The van der Waals surface area contributed by atoms with Gasteiger partial charge in [-0.2, -0.15) is 0 Å². The maximum absolute atomic E-state index is 3.89. The van der Waals surface area contributed by atoms with E-state index in [4.69, 9.17) is 0 Å². The Kier molecular flexibility index (Phi) is 5.91. The van der Waals surface area contributed by atoms with E-state index < -0.39 is 0 Å². The van der Waals surface area contributed by atoms with Crippen molar-refractivity contribution in [3.63, 3.8) is 0 Å². The first-order valence-corrected chi connectivity index (χ1v) is 7.96. The van der Waals surface area contributed by atoms with E-state index in [0.717, 1.165) is 19.4 Å². The summed E-state index contributed by atoms with van der Waals surface area (Å²) in [5.74, 6) is 0. The largest absolute Gasteiger partial charge is 0.364 e. The maximum Gasteiger partial charge on any atom is 0.0371 e. The van der Waals surface area contributed by atoms with Gasteiger partial charge in [0, 0.05) is 18.3 Å². The van der Waals surface area contributed by atoms with Crippen LogP contribution in [0.3, 0.4) is 0 Å². The van der Waals surface area contributed by atoms with E-state index in [1.165, 1.54) is 36.9 Å². The van der Waals surface area contributed by atoms with Gasteiger partial charge in [0.1, 0.15) is 0 Å². The van der Waals surface area contributed by atoms with Crippen molar-refractivity contribution in [3.8, 4) is 0 Å². The normalized spacial score (nSPS) is 18.2. The molecule has 0 saturated carbocycles. The molecule has 0 radical (unpaired) electrons. The number of hydrogen-bond acceptors (Lipinski definition) is 1. The van der Waals surface area contributed by atoms with E-state index >= 15 is 0 Å². The first-order chi connectivity index (χ1) is 9.85. The van der Waals surface area contributed by atoms with Gasteiger partial charge in [0.25, 0.3) is 0 Å². The number of benzene rings is 1. The Labute approximate surface area is 124 Å². The van der Waals surface area contributed by atoms with Crippen molar-refractivity contribution >= 4 is 5.69 Å². The third-order valence-electron chi connectivity index (χ3n) is 4.09. The summed E-state index contributed by atoms with van der Waals surface area (Å²) < 4.78 is 0. The van der Waals surface area contributed by atoms with Gasteiger partial charge < -0.3 is 4.90 Å². The minimum atomic E-state index is 0.573. The van der Waals surface area contributed by atoms with Crippen LogP contribution in [0.25, 0.3) is 0 Å². The van der Waals surface area contributed by atoms with Gasteiger partial charge in [0.2, 0.25) is 0 Å². The highest BCUT2D eigenvalue weighted by Crippen LogP contribution is 2.24. The van der Waals surface area contributed by atoms with E-state index in [0.29, 0.717) is 6.04 Å². The molecule has 1 aromatic carbocycles. The standard InChI is InChI=1S/C19H27N/c1-3-5-6-10-17-12-14-19(15-13-17)20-16-8-7-11-18(20)9-4-2/h4,7-8,12-15,18H,2-3,5-6,9-11,16H2,1H3. The number of rotatable bonds is 7. The molecule has 0 amide bonds. The fourth-order valence-electron chi connectivity index (χ4n) is 2.88. The van der Waals surface area contributed by atoms with Crippen molar-refractivity contribution in [2.75, 3.05) is 11.4 Å². The molecule has 1 aliphatic rings. The Morgan fingerprint density at radius 3 is 2.70 bits per heavy atom. The lowest BCUT2D eigenvalue weighted by molar-refractivity contribution is 0.607. The molecule has 1 nitrogen and oxygen atoms in total. The highest BCUT2D eigenvalue weighted by atomic mass is 15.2. The van der Waals surface area contributed by atoms with Crippen LogP contribution < -0.4 is 4.90 Å². The van der Waals surface area contributed by atoms with Crippen LogP contribution in [0.15, 0.2) is 49.1 Å². The first-order valence-electron chi connectivity index (χ1n) is 7.96. The number of nitrogens with zero attached hydrogens (tertiary/aromatic N) is 1. The van der Waals surface area contributed by atoms with Crippen molar-refractivity contribution < 1.29 is 0 Å². The monoisotopic (exact) mass is 269 g/mol.